The van der Waals surface area contributed by atoms with Crippen molar-refractivity contribution in [1.29, 1.82) is 15.8 Å². The number of hydrogen-bond donors (Lipinski definition) is 1. The molecule has 22 heavy (non-hydrogen) atoms. The van der Waals surface area contributed by atoms with Crippen LogP contribution >= 0.6 is 0 Å². The molecule has 0 unspecified atom stereocenters. The predicted molar refractivity (Wildman–Crippen MR) is 83.7 cm³/mol. The average Bonchev–Trinajstić information content (AvgIpc) is 2.76. The van der Waals surface area contributed by atoms with Crippen molar-refractivity contribution in [2.75, 3.05) is 0 Å². The second-order valence-electron chi connectivity index (χ2n) is 5.27. The third-order valence-electron chi connectivity index (χ3n) is 4.64. The molecule has 0 amide bonds. The summed E-state index contributed by atoms with van der Waals surface area (Å²) in [6, 6.07) is 6.08. The molecule has 116 valence electrons. The highest BCUT2D eigenvalue weighted by molar-refractivity contribution is 5.83. The molecule has 0 fully saturated rings. The second-order valence-corrected chi connectivity index (χ2v) is 5.27. The molecule has 1 aliphatic rings. The van der Waals surface area contributed by atoms with Crippen LogP contribution in [0.3, 0.4) is 0 Å². The van der Waals surface area contributed by atoms with Gasteiger partial charge in [-0.15, -0.1) is 0 Å². The summed E-state index contributed by atoms with van der Waals surface area (Å²) in [4.78, 5) is 0. The van der Waals surface area contributed by atoms with Crippen LogP contribution in [0.15, 0.2) is 16.5 Å². The Morgan fingerprint density at radius 1 is 1.09 bits per heavy atom. The average molecular weight is 298 g/mol. The van der Waals surface area contributed by atoms with Crippen molar-refractivity contribution in [2.45, 2.75) is 58.9 Å². The summed E-state index contributed by atoms with van der Waals surface area (Å²) in [5.41, 5.74) is 4.54. The van der Waals surface area contributed by atoms with Crippen molar-refractivity contribution in [3.63, 3.8) is 0 Å². The molecule has 1 aliphatic heterocycles. The zero-order chi connectivity index (χ0) is 17.0. The quantitative estimate of drug-likeness (QED) is 0.784. The Morgan fingerprint density at radius 2 is 1.59 bits per heavy atom. The zero-order valence-corrected chi connectivity index (χ0v) is 13.6. The van der Waals surface area contributed by atoms with Gasteiger partial charge in [-0.05, 0) is 25.7 Å². The molecular formula is C16H22N6. The first-order chi connectivity index (χ1) is 10.5. The monoisotopic (exact) mass is 298 g/mol. The van der Waals surface area contributed by atoms with E-state index in [1.54, 1.807) is 5.01 Å². The van der Waals surface area contributed by atoms with Crippen LogP contribution in [-0.4, -0.2) is 16.3 Å². The summed E-state index contributed by atoms with van der Waals surface area (Å²) in [6.45, 7) is 7.76. The van der Waals surface area contributed by atoms with Crippen LogP contribution in [-0.2, 0) is 0 Å². The van der Waals surface area contributed by atoms with E-state index in [4.69, 9.17) is 5.73 Å². The Morgan fingerprint density at radius 3 is 1.91 bits per heavy atom. The maximum Gasteiger partial charge on any atom is 0.206 e. The topological polar surface area (TPSA) is 113 Å². The predicted octanol–water partition coefficient (Wildman–Crippen LogP) is 2.76. The molecule has 1 heterocycles. The molecule has 1 rings (SSSR count). The summed E-state index contributed by atoms with van der Waals surface area (Å²) in [5.74, 6) is 0.119. The van der Waals surface area contributed by atoms with E-state index in [1.807, 2.05) is 33.8 Å². The van der Waals surface area contributed by atoms with Crippen LogP contribution < -0.4 is 5.73 Å². The number of nitriles is 3. The summed E-state index contributed by atoms with van der Waals surface area (Å²) < 4.78 is 0. The molecule has 0 aromatic carbocycles. The van der Waals surface area contributed by atoms with E-state index in [0.29, 0.717) is 12.8 Å². The van der Waals surface area contributed by atoms with Gasteiger partial charge in [-0.1, -0.05) is 27.7 Å². The minimum absolute atomic E-state index is 0.0107. The first-order valence-electron chi connectivity index (χ1n) is 7.57. The number of nitrogens with two attached hydrogens (primary N) is 1. The van der Waals surface area contributed by atoms with Crippen molar-refractivity contribution < 1.29 is 0 Å². The van der Waals surface area contributed by atoms with Gasteiger partial charge in [0.05, 0.1) is 12.1 Å². The molecule has 6 heteroatoms. The largest absolute Gasteiger partial charge is 0.383 e. The smallest absolute Gasteiger partial charge is 0.206 e. The van der Waals surface area contributed by atoms with Gasteiger partial charge in [-0.25, -0.2) is 5.01 Å². The molecule has 0 aromatic rings. The first kappa shape index (κ1) is 17.5. The third kappa shape index (κ3) is 2.02. The van der Waals surface area contributed by atoms with Crippen LogP contribution in [0.1, 0.15) is 53.4 Å². The lowest BCUT2D eigenvalue weighted by atomic mass is 9.66. The Labute approximate surface area is 132 Å². The van der Waals surface area contributed by atoms with Crippen LogP contribution in [0.5, 0.6) is 0 Å². The number of nitrogens with zero attached hydrogens (tertiary/aromatic N) is 5. The lowest BCUT2D eigenvalue weighted by Gasteiger charge is -2.41. The van der Waals surface area contributed by atoms with Crippen LogP contribution in [0, 0.1) is 39.4 Å². The number of hydrogen-bond acceptors (Lipinski definition) is 6. The van der Waals surface area contributed by atoms with E-state index in [1.165, 1.54) is 0 Å². The van der Waals surface area contributed by atoms with E-state index in [9.17, 15) is 15.8 Å². The van der Waals surface area contributed by atoms with E-state index in [-0.39, 0.29) is 11.4 Å². The Bertz CT molecular complexity index is 598. The lowest BCUT2D eigenvalue weighted by molar-refractivity contribution is 0.0904. The number of rotatable bonds is 5. The second kappa shape index (κ2) is 6.50. The van der Waals surface area contributed by atoms with Gasteiger partial charge in [0.15, 0.2) is 0 Å². The van der Waals surface area contributed by atoms with Gasteiger partial charge in [-0.2, -0.15) is 20.9 Å². The van der Waals surface area contributed by atoms with E-state index >= 15 is 0 Å². The number of hydrazone groups is 1. The molecule has 0 saturated heterocycles. The van der Waals surface area contributed by atoms with E-state index < -0.39 is 11.0 Å². The summed E-state index contributed by atoms with van der Waals surface area (Å²) in [6.07, 6.45) is 2.47. The van der Waals surface area contributed by atoms with Crippen LogP contribution in [0.4, 0.5) is 0 Å². The van der Waals surface area contributed by atoms with Gasteiger partial charge in [-0.3, -0.25) is 0 Å². The lowest BCUT2D eigenvalue weighted by Crippen LogP contribution is -2.52. The summed E-state index contributed by atoms with van der Waals surface area (Å²) >= 11 is 0. The molecule has 0 atom stereocenters. The highest BCUT2D eigenvalue weighted by atomic mass is 15.5. The highest BCUT2D eigenvalue weighted by Gasteiger charge is 2.64. The van der Waals surface area contributed by atoms with Gasteiger partial charge in [0.2, 0.25) is 5.41 Å². The van der Waals surface area contributed by atoms with Crippen LogP contribution in [0.2, 0.25) is 0 Å². The fraction of sp³-hybridized carbons (Fsp3) is 0.625. The molecule has 0 aromatic heterocycles. The molecule has 0 spiro atoms. The molecule has 0 saturated carbocycles. The van der Waals surface area contributed by atoms with Crippen molar-refractivity contribution >= 4 is 5.71 Å². The van der Waals surface area contributed by atoms with Gasteiger partial charge >= 0.3 is 0 Å². The highest BCUT2D eigenvalue weighted by Crippen LogP contribution is 2.53. The molecule has 0 aliphatic carbocycles. The van der Waals surface area contributed by atoms with Gasteiger partial charge in [0, 0.05) is 5.71 Å². The van der Waals surface area contributed by atoms with Crippen molar-refractivity contribution in [2.24, 2.45) is 16.3 Å². The maximum absolute atomic E-state index is 9.71. The standard InChI is InChI=1S/C16H22N6/c1-5-12(6-2)21-22-14(20)13(9-17)15(10-18,11-19)16(22,7-3)8-4/h5-8,20H2,1-4H3. The van der Waals surface area contributed by atoms with Crippen LogP contribution in [0.25, 0.3) is 0 Å². The Balaban J connectivity index is 3.75. The normalized spacial score (nSPS) is 18.3. The fourth-order valence-corrected chi connectivity index (χ4v) is 3.17. The van der Waals surface area contributed by atoms with Gasteiger partial charge in [0.25, 0.3) is 0 Å². The Kier molecular flexibility index (Phi) is 5.18. The van der Waals surface area contributed by atoms with Crippen molar-refractivity contribution in [3.8, 4) is 18.2 Å². The maximum atomic E-state index is 9.71. The molecule has 0 bridgehead atoms. The Hall–Kier alpha value is -2.52. The zero-order valence-electron chi connectivity index (χ0n) is 13.6. The summed E-state index contributed by atoms with van der Waals surface area (Å²) in [5, 5.41) is 35.0. The minimum Gasteiger partial charge on any atom is -0.383 e. The minimum atomic E-state index is -1.59. The van der Waals surface area contributed by atoms with Crippen molar-refractivity contribution in [3.05, 3.63) is 11.4 Å². The van der Waals surface area contributed by atoms with Gasteiger partial charge < -0.3 is 5.73 Å². The first-order valence-corrected chi connectivity index (χ1v) is 7.57. The van der Waals surface area contributed by atoms with Gasteiger partial charge in [0.1, 0.15) is 23.0 Å². The fourth-order valence-electron chi connectivity index (χ4n) is 3.17. The van der Waals surface area contributed by atoms with Crippen molar-refractivity contribution in [1.82, 2.24) is 5.01 Å². The molecule has 6 nitrogen and oxygen atoms in total. The van der Waals surface area contributed by atoms with E-state index in [0.717, 1.165) is 18.6 Å². The molecule has 2 N–H and O–H groups in total. The summed E-state index contributed by atoms with van der Waals surface area (Å²) in [7, 11) is 0. The third-order valence-corrected chi connectivity index (χ3v) is 4.64. The molecule has 0 radical (unpaired) electrons. The molecular weight excluding hydrogens is 276 g/mol. The van der Waals surface area contributed by atoms with E-state index in [2.05, 4.69) is 17.2 Å². The SMILES string of the molecule is CCC(CC)=NN1C(N)=C(C#N)C(C#N)(C#N)C1(CC)CC.